The monoisotopic (exact) mass is 169 g/mol. The van der Waals surface area contributed by atoms with E-state index in [-0.39, 0.29) is 5.91 Å². The van der Waals surface area contributed by atoms with Gasteiger partial charge in [-0.2, -0.15) is 0 Å². The highest BCUT2D eigenvalue weighted by atomic mass is 32.1. The largest absolute Gasteiger partial charge is 0.338 e. The molecule has 1 amide bonds. The molecule has 4 nitrogen and oxygen atoms in total. The van der Waals surface area contributed by atoms with Crippen LogP contribution in [0.15, 0.2) is 12.5 Å². The van der Waals surface area contributed by atoms with Crippen LogP contribution in [0.3, 0.4) is 0 Å². The molecule has 1 aromatic rings. The molecular formula is C6H7N3OS. The summed E-state index contributed by atoms with van der Waals surface area (Å²) in [7, 11) is 1.82. The summed E-state index contributed by atoms with van der Waals surface area (Å²) in [5, 5.41) is 3.52. The molecular weight excluding hydrogens is 162 g/mol. The maximum atomic E-state index is 10.7. The van der Waals surface area contributed by atoms with Crippen molar-refractivity contribution >= 4 is 29.3 Å². The van der Waals surface area contributed by atoms with Gasteiger partial charge in [0.2, 0.25) is 0 Å². The van der Waals surface area contributed by atoms with E-state index in [0.29, 0.717) is 5.82 Å². The molecule has 0 unspecified atom stereocenters. The van der Waals surface area contributed by atoms with Crippen LogP contribution in [-0.2, 0) is 11.8 Å². The highest BCUT2D eigenvalue weighted by Gasteiger charge is 1.98. The SMILES string of the molecule is Cn1cnc(NC(=O)C=S)c1. The number of carbonyl (C=O) groups excluding carboxylic acids is 1. The van der Waals surface area contributed by atoms with Crippen LogP contribution in [0.2, 0.25) is 0 Å². The molecule has 0 atom stereocenters. The maximum Gasteiger partial charge on any atom is 0.260 e. The van der Waals surface area contributed by atoms with Gasteiger partial charge in [-0.15, -0.1) is 0 Å². The van der Waals surface area contributed by atoms with Crippen molar-refractivity contribution in [3.8, 4) is 0 Å². The summed E-state index contributed by atoms with van der Waals surface area (Å²) >= 11 is 4.41. The van der Waals surface area contributed by atoms with Crippen molar-refractivity contribution in [2.45, 2.75) is 0 Å². The van der Waals surface area contributed by atoms with Crippen LogP contribution in [0.4, 0.5) is 5.82 Å². The Morgan fingerprint density at radius 3 is 3.09 bits per heavy atom. The lowest BCUT2D eigenvalue weighted by Crippen LogP contribution is -2.11. The first-order valence-corrected chi connectivity index (χ1v) is 3.43. The molecule has 0 bridgehead atoms. The van der Waals surface area contributed by atoms with E-state index in [1.165, 1.54) is 0 Å². The normalized spacial score (nSPS) is 9.18. The molecule has 0 saturated heterocycles. The van der Waals surface area contributed by atoms with Gasteiger partial charge in [-0.3, -0.25) is 4.79 Å². The summed E-state index contributed by atoms with van der Waals surface area (Å²) in [6.45, 7) is 0. The van der Waals surface area contributed by atoms with E-state index in [2.05, 4.69) is 22.5 Å². The average molecular weight is 169 g/mol. The fourth-order valence-corrected chi connectivity index (χ4v) is 0.692. The Kier molecular flexibility index (Phi) is 2.32. The first-order valence-electron chi connectivity index (χ1n) is 2.96. The highest BCUT2D eigenvalue weighted by molar-refractivity contribution is 7.80. The van der Waals surface area contributed by atoms with Gasteiger partial charge in [0.05, 0.1) is 11.7 Å². The van der Waals surface area contributed by atoms with Crippen LogP contribution in [0, 0.1) is 0 Å². The molecule has 1 N–H and O–H groups in total. The fraction of sp³-hybridized carbons (Fsp3) is 0.167. The Balaban J connectivity index is 2.64. The van der Waals surface area contributed by atoms with Crippen molar-refractivity contribution in [1.82, 2.24) is 9.55 Å². The van der Waals surface area contributed by atoms with Crippen LogP contribution in [0.5, 0.6) is 0 Å². The average Bonchev–Trinajstić information content (AvgIpc) is 2.35. The second-order valence-electron chi connectivity index (χ2n) is 2.03. The third-order valence-electron chi connectivity index (χ3n) is 1.06. The van der Waals surface area contributed by atoms with E-state index < -0.39 is 0 Å². The zero-order chi connectivity index (χ0) is 8.27. The number of nitrogens with zero attached hydrogens (tertiary/aromatic N) is 2. The Labute approximate surface area is 69.2 Å². The van der Waals surface area contributed by atoms with Gasteiger partial charge in [-0.05, 0) is 0 Å². The van der Waals surface area contributed by atoms with Crippen molar-refractivity contribution < 1.29 is 4.79 Å². The molecule has 1 heterocycles. The number of aromatic nitrogens is 2. The van der Waals surface area contributed by atoms with E-state index in [4.69, 9.17) is 0 Å². The first-order chi connectivity index (χ1) is 5.22. The molecule has 1 rings (SSSR count). The van der Waals surface area contributed by atoms with E-state index in [1.54, 1.807) is 17.1 Å². The van der Waals surface area contributed by atoms with Gasteiger partial charge < -0.3 is 9.88 Å². The number of rotatable bonds is 2. The molecule has 0 aliphatic heterocycles. The lowest BCUT2D eigenvalue weighted by atomic mass is 10.6. The van der Waals surface area contributed by atoms with Crippen LogP contribution in [-0.4, -0.2) is 20.8 Å². The predicted molar refractivity (Wildman–Crippen MR) is 45.5 cm³/mol. The molecule has 1 aromatic heterocycles. The molecule has 0 aromatic carbocycles. The Bertz CT molecular complexity index is 281. The van der Waals surface area contributed by atoms with Gasteiger partial charge in [-0.1, -0.05) is 12.2 Å². The molecule has 0 radical (unpaired) electrons. The molecule has 0 fully saturated rings. The quantitative estimate of drug-likeness (QED) is 0.650. The smallest absolute Gasteiger partial charge is 0.260 e. The minimum absolute atomic E-state index is 0.321. The molecule has 0 aliphatic rings. The second kappa shape index (κ2) is 3.25. The van der Waals surface area contributed by atoms with Gasteiger partial charge in [0.15, 0.2) is 5.82 Å². The summed E-state index contributed by atoms with van der Waals surface area (Å²) in [4.78, 5) is 14.5. The number of thiocarbonyl (C=S) groups is 1. The van der Waals surface area contributed by atoms with Crippen molar-refractivity contribution in [3.05, 3.63) is 12.5 Å². The van der Waals surface area contributed by atoms with Crippen molar-refractivity contribution in [3.63, 3.8) is 0 Å². The topological polar surface area (TPSA) is 46.9 Å². The first kappa shape index (κ1) is 7.87. The van der Waals surface area contributed by atoms with Crippen LogP contribution in [0.25, 0.3) is 0 Å². The van der Waals surface area contributed by atoms with E-state index in [9.17, 15) is 4.79 Å². The van der Waals surface area contributed by atoms with Crippen LogP contribution >= 0.6 is 12.2 Å². The molecule has 11 heavy (non-hydrogen) atoms. The lowest BCUT2D eigenvalue weighted by Gasteiger charge is -1.92. The van der Waals surface area contributed by atoms with E-state index in [0.717, 1.165) is 5.37 Å². The van der Waals surface area contributed by atoms with Crippen LogP contribution in [0.1, 0.15) is 0 Å². The molecule has 5 heteroatoms. The summed E-state index contributed by atoms with van der Waals surface area (Å²) < 4.78 is 1.74. The van der Waals surface area contributed by atoms with Gasteiger partial charge in [0.1, 0.15) is 0 Å². The van der Waals surface area contributed by atoms with Gasteiger partial charge in [0, 0.05) is 13.2 Å². The number of hydrogen-bond acceptors (Lipinski definition) is 3. The molecule has 58 valence electrons. The standard InChI is InChI=1S/C6H7N3OS/c1-9-2-5(7-4-9)8-6(10)3-11/h2-4H,1H3,(H,8,10). The number of aryl methyl sites for hydroxylation is 1. The third kappa shape index (κ3) is 2.12. The third-order valence-corrected chi connectivity index (χ3v) is 1.28. The number of imidazole rings is 1. The van der Waals surface area contributed by atoms with Gasteiger partial charge in [-0.25, -0.2) is 4.98 Å². The number of nitrogens with one attached hydrogen (secondary N) is 1. The van der Waals surface area contributed by atoms with Crippen molar-refractivity contribution in [2.24, 2.45) is 7.05 Å². The van der Waals surface area contributed by atoms with E-state index in [1.807, 2.05) is 7.05 Å². The molecule has 0 aliphatic carbocycles. The maximum absolute atomic E-state index is 10.7. The molecule has 0 saturated carbocycles. The summed E-state index contributed by atoms with van der Waals surface area (Å²) in [5.41, 5.74) is 0. The predicted octanol–water partition coefficient (Wildman–Crippen LogP) is 0.358. The number of carbonyl (C=O) groups is 1. The number of anilines is 1. The molecule has 0 spiro atoms. The summed E-state index contributed by atoms with van der Waals surface area (Å²) in [5.74, 6) is 0.192. The zero-order valence-electron chi connectivity index (χ0n) is 5.94. The Morgan fingerprint density at radius 2 is 2.64 bits per heavy atom. The highest BCUT2D eigenvalue weighted by Crippen LogP contribution is 1.99. The van der Waals surface area contributed by atoms with Crippen molar-refractivity contribution in [2.75, 3.05) is 5.32 Å². The Morgan fingerprint density at radius 1 is 1.91 bits per heavy atom. The minimum Gasteiger partial charge on any atom is -0.338 e. The van der Waals surface area contributed by atoms with Gasteiger partial charge >= 0.3 is 0 Å². The van der Waals surface area contributed by atoms with Crippen LogP contribution < -0.4 is 5.32 Å². The number of hydrogen-bond donors (Lipinski definition) is 1. The fourth-order valence-electron chi connectivity index (χ4n) is 0.633. The summed E-state index contributed by atoms with van der Waals surface area (Å²) in [6, 6.07) is 0. The van der Waals surface area contributed by atoms with Crippen molar-refractivity contribution in [1.29, 1.82) is 0 Å². The zero-order valence-corrected chi connectivity index (χ0v) is 6.76. The number of amides is 1. The van der Waals surface area contributed by atoms with E-state index >= 15 is 0 Å². The minimum atomic E-state index is -0.321. The van der Waals surface area contributed by atoms with Gasteiger partial charge in [0.25, 0.3) is 5.91 Å². The lowest BCUT2D eigenvalue weighted by molar-refractivity contribution is -0.109. The summed E-state index contributed by atoms with van der Waals surface area (Å²) in [6.07, 6.45) is 3.29. The second-order valence-corrected chi connectivity index (χ2v) is 2.27. The Hall–Kier alpha value is -1.23.